The Hall–Kier alpha value is -3.01. The van der Waals surface area contributed by atoms with Crippen molar-refractivity contribution in [1.82, 2.24) is 0 Å². The zero-order valence-electron chi connectivity index (χ0n) is 22.6. The number of hydrogen-bond acceptors (Lipinski definition) is 2. The van der Waals surface area contributed by atoms with E-state index in [-0.39, 0.29) is 7.43 Å². The maximum absolute atomic E-state index is 9.05. The van der Waals surface area contributed by atoms with Crippen LogP contribution in [0.3, 0.4) is 0 Å². The Bertz CT molecular complexity index is 1680. The Morgan fingerprint density at radius 2 is 0.884 bits per heavy atom. The van der Waals surface area contributed by atoms with E-state index in [1.54, 1.807) is 12.1 Å². The quantitative estimate of drug-likeness (QED) is 0.138. The van der Waals surface area contributed by atoms with Gasteiger partial charge in [0.15, 0.2) is 0 Å². The summed E-state index contributed by atoms with van der Waals surface area (Å²) in [6.07, 6.45) is 0. The fourth-order valence-electron chi connectivity index (χ4n) is 4.14. The minimum atomic E-state index is -1.41. The van der Waals surface area contributed by atoms with Gasteiger partial charge in [0.25, 0.3) is 0 Å². The summed E-state index contributed by atoms with van der Waals surface area (Å²) in [5.74, 6) is 0. The van der Waals surface area contributed by atoms with Gasteiger partial charge in [-0.25, -0.2) is 0 Å². The van der Waals surface area contributed by atoms with Gasteiger partial charge in [-0.3, -0.25) is 0 Å². The van der Waals surface area contributed by atoms with Gasteiger partial charge in [-0.05, 0) is 102 Å². The number of halogens is 3. The third-order valence-electron chi connectivity index (χ3n) is 6.27. The zero-order valence-corrected chi connectivity index (χ0v) is 27.9. The van der Waals surface area contributed by atoms with Crippen LogP contribution >= 0.6 is 54.5 Å². The van der Waals surface area contributed by atoms with E-state index in [1.807, 2.05) is 72.8 Å². The highest BCUT2D eigenvalue weighted by Crippen LogP contribution is 2.31. The predicted octanol–water partition coefficient (Wildman–Crippen LogP) is 10.5. The van der Waals surface area contributed by atoms with Crippen LogP contribution in [-0.2, 0) is 0 Å². The lowest BCUT2D eigenvalue weighted by Crippen LogP contribution is -2.29. The van der Waals surface area contributed by atoms with Crippen LogP contribution in [0.15, 0.2) is 167 Å². The van der Waals surface area contributed by atoms with Crippen molar-refractivity contribution in [3.05, 3.63) is 170 Å². The minimum Gasteiger partial charge on any atom is -0.423 e. The topological polar surface area (TPSA) is 40.5 Å². The fourth-order valence-corrected chi connectivity index (χ4v) is 5.33. The first-order valence-corrected chi connectivity index (χ1v) is 15.9. The first kappa shape index (κ1) is 34.5. The SMILES string of the molecule is Brc1ccccc1-c1cccc(-c2ccccc2)c1.Brc1ccccc1I.C.OB(O)c1cccc(-c2ccccc2)c1. The zero-order chi connectivity index (χ0) is 29.7. The third kappa shape index (κ3) is 10.6. The molecular formula is C37H32BBr2IO2. The maximum atomic E-state index is 9.05. The number of rotatable bonds is 4. The highest BCUT2D eigenvalue weighted by molar-refractivity contribution is 14.1. The Kier molecular flexibility index (Phi) is 14.4. The van der Waals surface area contributed by atoms with Crippen LogP contribution in [-0.4, -0.2) is 17.2 Å². The predicted molar refractivity (Wildman–Crippen MR) is 200 cm³/mol. The summed E-state index contributed by atoms with van der Waals surface area (Å²) in [7, 11) is -1.41. The molecule has 0 saturated carbocycles. The van der Waals surface area contributed by atoms with Crippen LogP contribution in [0.25, 0.3) is 33.4 Å². The molecule has 0 unspecified atom stereocenters. The van der Waals surface area contributed by atoms with Crippen molar-refractivity contribution in [3.63, 3.8) is 0 Å². The molecule has 0 radical (unpaired) electrons. The van der Waals surface area contributed by atoms with Gasteiger partial charge in [0.1, 0.15) is 0 Å². The Morgan fingerprint density at radius 1 is 0.442 bits per heavy atom. The molecule has 6 heteroatoms. The molecule has 0 aliphatic heterocycles. The van der Waals surface area contributed by atoms with Gasteiger partial charge in [-0.2, -0.15) is 0 Å². The standard InChI is InChI=1S/C18H13Br.C12H11BO2.C6H4BrI.CH4/c19-18-12-5-4-11-17(18)16-10-6-9-15(13-16)14-7-2-1-3-8-14;14-13(15)12-8-4-7-11(9-12)10-5-2-1-3-6-10;7-5-3-1-2-4-6(5)8;/h1-13H;1-9,14-15H;1-4H;1H4. The second-order valence-electron chi connectivity index (χ2n) is 9.21. The molecule has 6 aromatic rings. The molecule has 6 aromatic carbocycles. The molecule has 0 saturated heterocycles. The lowest BCUT2D eigenvalue weighted by Gasteiger charge is -2.07. The van der Waals surface area contributed by atoms with E-state index in [0.717, 1.165) is 15.6 Å². The first-order valence-electron chi connectivity index (χ1n) is 13.2. The van der Waals surface area contributed by atoms with E-state index in [2.05, 4.69) is 127 Å². The number of hydrogen-bond donors (Lipinski definition) is 2. The van der Waals surface area contributed by atoms with E-state index >= 15 is 0 Å². The third-order valence-corrected chi connectivity index (χ3v) is 9.34. The van der Waals surface area contributed by atoms with E-state index < -0.39 is 7.12 Å². The molecule has 0 heterocycles. The van der Waals surface area contributed by atoms with Crippen molar-refractivity contribution >= 4 is 67.0 Å². The van der Waals surface area contributed by atoms with Crippen LogP contribution in [0.1, 0.15) is 7.43 Å². The van der Waals surface area contributed by atoms with Gasteiger partial charge in [0.2, 0.25) is 0 Å². The summed E-state index contributed by atoms with van der Waals surface area (Å²) in [5.41, 5.74) is 7.51. The second-order valence-corrected chi connectivity index (χ2v) is 12.1. The molecule has 216 valence electrons. The van der Waals surface area contributed by atoms with Crippen molar-refractivity contribution in [2.24, 2.45) is 0 Å². The molecule has 43 heavy (non-hydrogen) atoms. The average Bonchev–Trinajstić information content (AvgIpc) is 3.04. The van der Waals surface area contributed by atoms with Crippen molar-refractivity contribution in [2.45, 2.75) is 7.43 Å². The summed E-state index contributed by atoms with van der Waals surface area (Å²) in [4.78, 5) is 0. The Morgan fingerprint density at radius 3 is 1.40 bits per heavy atom. The normalized spacial score (nSPS) is 9.79. The van der Waals surface area contributed by atoms with E-state index in [9.17, 15) is 0 Å². The van der Waals surface area contributed by atoms with Gasteiger partial charge >= 0.3 is 7.12 Å². The summed E-state index contributed by atoms with van der Waals surface area (Å²) in [6, 6.07) is 52.6. The number of benzene rings is 6. The van der Waals surface area contributed by atoms with Crippen molar-refractivity contribution < 1.29 is 10.0 Å². The van der Waals surface area contributed by atoms with Crippen molar-refractivity contribution in [3.8, 4) is 33.4 Å². The summed E-state index contributed by atoms with van der Waals surface area (Å²) in [5, 5.41) is 18.1. The van der Waals surface area contributed by atoms with Crippen LogP contribution in [0.4, 0.5) is 0 Å². The summed E-state index contributed by atoms with van der Waals surface area (Å²) < 4.78 is 3.55. The monoisotopic (exact) mass is 804 g/mol. The van der Waals surface area contributed by atoms with Gasteiger partial charge < -0.3 is 10.0 Å². The van der Waals surface area contributed by atoms with E-state index in [0.29, 0.717) is 5.46 Å². The Balaban J connectivity index is 0.000000188. The molecule has 0 atom stereocenters. The lowest BCUT2D eigenvalue weighted by atomic mass is 9.79. The second kappa shape index (κ2) is 18.0. The van der Waals surface area contributed by atoms with Crippen molar-refractivity contribution in [2.75, 3.05) is 0 Å². The molecule has 0 fully saturated rings. The van der Waals surface area contributed by atoms with Crippen molar-refractivity contribution in [1.29, 1.82) is 0 Å². The molecule has 6 rings (SSSR count). The van der Waals surface area contributed by atoms with E-state index in [4.69, 9.17) is 10.0 Å². The molecule has 0 amide bonds. The highest BCUT2D eigenvalue weighted by Gasteiger charge is 2.11. The molecule has 0 bridgehead atoms. The van der Waals surface area contributed by atoms with Gasteiger partial charge in [-0.1, -0.05) is 157 Å². The van der Waals surface area contributed by atoms with Gasteiger partial charge in [0, 0.05) is 12.5 Å². The molecular weight excluding hydrogens is 774 g/mol. The molecule has 0 spiro atoms. The van der Waals surface area contributed by atoms with E-state index in [1.165, 1.54) is 30.3 Å². The van der Waals surface area contributed by atoms with Crippen LogP contribution in [0.2, 0.25) is 0 Å². The van der Waals surface area contributed by atoms with Crippen LogP contribution in [0.5, 0.6) is 0 Å². The molecule has 0 aromatic heterocycles. The lowest BCUT2D eigenvalue weighted by molar-refractivity contribution is 0.426. The maximum Gasteiger partial charge on any atom is 0.488 e. The first-order chi connectivity index (χ1) is 20.4. The average molecular weight is 806 g/mol. The molecule has 0 aliphatic rings. The smallest absolute Gasteiger partial charge is 0.423 e. The summed E-state index contributed by atoms with van der Waals surface area (Å²) in [6.45, 7) is 0. The van der Waals surface area contributed by atoms with Crippen LogP contribution in [0, 0.1) is 3.57 Å². The van der Waals surface area contributed by atoms with Gasteiger partial charge in [0.05, 0.1) is 0 Å². The minimum absolute atomic E-state index is 0. The molecule has 0 aliphatic carbocycles. The van der Waals surface area contributed by atoms with Gasteiger partial charge in [-0.15, -0.1) is 0 Å². The molecule has 2 nitrogen and oxygen atoms in total. The van der Waals surface area contributed by atoms with Crippen LogP contribution < -0.4 is 5.46 Å². The highest BCUT2D eigenvalue weighted by atomic mass is 127. The summed E-state index contributed by atoms with van der Waals surface area (Å²) >= 11 is 9.28. The fraction of sp³-hybridized carbons (Fsp3) is 0.0270. The largest absolute Gasteiger partial charge is 0.488 e. The Labute approximate surface area is 286 Å². The molecule has 2 N–H and O–H groups in total.